The Kier molecular flexibility index (Phi) is 6.12. The Balaban J connectivity index is 1.67. The molecular formula is C21H23N3OS. The topological polar surface area (TPSA) is 54.9 Å². The van der Waals surface area contributed by atoms with Crippen molar-refractivity contribution in [2.45, 2.75) is 32.6 Å². The van der Waals surface area contributed by atoms with Crippen molar-refractivity contribution in [1.82, 2.24) is 15.5 Å². The van der Waals surface area contributed by atoms with Crippen molar-refractivity contribution in [3.05, 3.63) is 81.3 Å². The third-order valence-electron chi connectivity index (χ3n) is 4.38. The third kappa shape index (κ3) is 4.76. The van der Waals surface area contributed by atoms with Crippen molar-refractivity contribution in [2.24, 2.45) is 0 Å². The highest BCUT2D eigenvalue weighted by Crippen LogP contribution is 2.30. The van der Waals surface area contributed by atoms with Gasteiger partial charge in [0.25, 0.3) is 0 Å². The number of nitrogens with zero attached hydrogens (tertiary/aromatic N) is 2. The minimum Gasteiger partial charge on any atom is -0.356 e. The Morgan fingerprint density at radius 2 is 1.77 bits per heavy atom. The van der Waals surface area contributed by atoms with E-state index in [4.69, 9.17) is 0 Å². The largest absolute Gasteiger partial charge is 0.356 e. The molecule has 0 spiro atoms. The zero-order valence-corrected chi connectivity index (χ0v) is 15.9. The highest BCUT2D eigenvalue weighted by atomic mass is 32.1. The van der Waals surface area contributed by atoms with Crippen LogP contribution in [-0.4, -0.2) is 22.6 Å². The number of benzene rings is 2. The van der Waals surface area contributed by atoms with Crippen molar-refractivity contribution in [3.8, 4) is 0 Å². The van der Waals surface area contributed by atoms with E-state index in [0.29, 0.717) is 13.0 Å². The number of hydrogen-bond acceptors (Lipinski definition) is 4. The van der Waals surface area contributed by atoms with Gasteiger partial charge in [-0.2, -0.15) is 0 Å². The van der Waals surface area contributed by atoms with Crippen LogP contribution >= 0.6 is 11.3 Å². The molecule has 0 aliphatic heterocycles. The number of carbonyl (C=O) groups excluding carboxylic acids is 1. The van der Waals surface area contributed by atoms with Gasteiger partial charge in [0.05, 0.1) is 0 Å². The molecule has 0 radical (unpaired) electrons. The number of amides is 1. The lowest BCUT2D eigenvalue weighted by Crippen LogP contribution is -2.27. The second-order valence-electron chi connectivity index (χ2n) is 6.34. The fraction of sp³-hybridized carbons (Fsp3) is 0.286. The summed E-state index contributed by atoms with van der Waals surface area (Å²) in [5.41, 5.74) is 3.57. The van der Waals surface area contributed by atoms with Gasteiger partial charge in [0.2, 0.25) is 5.91 Å². The maximum atomic E-state index is 12.6. The molecule has 0 saturated carbocycles. The number of rotatable bonds is 7. The molecule has 1 atom stereocenters. The van der Waals surface area contributed by atoms with E-state index >= 15 is 0 Å². The summed E-state index contributed by atoms with van der Waals surface area (Å²) in [7, 11) is 0. The highest BCUT2D eigenvalue weighted by molar-refractivity contribution is 7.11. The molecule has 0 saturated heterocycles. The maximum absolute atomic E-state index is 12.6. The first-order chi connectivity index (χ1) is 12.6. The molecular weight excluding hydrogens is 342 g/mol. The van der Waals surface area contributed by atoms with E-state index in [1.54, 1.807) is 11.3 Å². The average molecular weight is 366 g/mol. The van der Waals surface area contributed by atoms with E-state index in [9.17, 15) is 4.79 Å². The SMILES string of the molecule is Cc1nnc(CCNC(=O)C[C@H](c2ccccc2)c2ccccc2C)s1. The van der Waals surface area contributed by atoms with Crippen molar-refractivity contribution in [2.75, 3.05) is 6.54 Å². The molecule has 0 fully saturated rings. The van der Waals surface area contributed by atoms with Gasteiger partial charge < -0.3 is 5.32 Å². The van der Waals surface area contributed by atoms with Crippen LogP contribution in [0.4, 0.5) is 0 Å². The lowest BCUT2D eigenvalue weighted by atomic mass is 9.86. The van der Waals surface area contributed by atoms with Crippen LogP contribution < -0.4 is 5.32 Å². The number of carbonyl (C=O) groups is 1. The molecule has 0 bridgehead atoms. The van der Waals surface area contributed by atoms with Gasteiger partial charge in [-0.05, 0) is 30.5 Å². The second kappa shape index (κ2) is 8.72. The standard InChI is InChI=1S/C21H23N3OS/c1-15-8-6-7-11-18(15)19(17-9-4-3-5-10-17)14-20(25)22-13-12-21-24-23-16(2)26-21/h3-11,19H,12-14H2,1-2H3,(H,22,25)/t19-/m1/s1. The van der Waals surface area contributed by atoms with Crippen LogP contribution in [0.1, 0.15) is 39.0 Å². The van der Waals surface area contributed by atoms with Gasteiger partial charge in [0.1, 0.15) is 10.0 Å². The average Bonchev–Trinajstić information content (AvgIpc) is 3.06. The molecule has 0 aliphatic rings. The van der Waals surface area contributed by atoms with Crippen LogP contribution in [0.15, 0.2) is 54.6 Å². The van der Waals surface area contributed by atoms with E-state index in [0.717, 1.165) is 22.0 Å². The molecule has 1 heterocycles. The minimum absolute atomic E-state index is 0.0566. The van der Waals surface area contributed by atoms with Crippen LogP contribution in [0.5, 0.6) is 0 Å². The van der Waals surface area contributed by atoms with Crippen molar-refractivity contribution < 1.29 is 4.79 Å². The van der Waals surface area contributed by atoms with Crippen molar-refractivity contribution in [3.63, 3.8) is 0 Å². The van der Waals surface area contributed by atoms with Crippen LogP contribution in [0.25, 0.3) is 0 Å². The summed E-state index contributed by atoms with van der Waals surface area (Å²) in [6.45, 7) is 4.62. The molecule has 134 valence electrons. The number of aromatic nitrogens is 2. The number of aryl methyl sites for hydroxylation is 2. The summed E-state index contributed by atoms with van der Waals surface area (Å²) >= 11 is 1.58. The van der Waals surface area contributed by atoms with E-state index in [1.807, 2.05) is 37.3 Å². The van der Waals surface area contributed by atoms with Crippen molar-refractivity contribution in [1.29, 1.82) is 0 Å². The molecule has 1 amide bonds. The summed E-state index contributed by atoms with van der Waals surface area (Å²) in [6.07, 6.45) is 1.15. The summed E-state index contributed by atoms with van der Waals surface area (Å²) < 4.78 is 0. The summed E-state index contributed by atoms with van der Waals surface area (Å²) in [6, 6.07) is 18.5. The molecule has 5 heteroatoms. The van der Waals surface area contributed by atoms with Gasteiger partial charge >= 0.3 is 0 Å². The molecule has 1 aromatic heterocycles. The molecule has 0 aliphatic carbocycles. The Morgan fingerprint density at radius 1 is 1.04 bits per heavy atom. The molecule has 3 aromatic rings. The van der Waals surface area contributed by atoms with E-state index < -0.39 is 0 Å². The Hall–Kier alpha value is -2.53. The van der Waals surface area contributed by atoms with Crippen LogP contribution in [0, 0.1) is 13.8 Å². The summed E-state index contributed by atoms with van der Waals surface area (Å²) in [5, 5.41) is 13.0. The van der Waals surface area contributed by atoms with Crippen LogP contribution in [-0.2, 0) is 11.2 Å². The monoisotopic (exact) mass is 365 g/mol. The van der Waals surface area contributed by atoms with Gasteiger partial charge in [-0.25, -0.2) is 0 Å². The minimum atomic E-state index is 0.0566. The maximum Gasteiger partial charge on any atom is 0.220 e. The Labute approximate surface area is 158 Å². The molecule has 4 nitrogen and oxygen atoms in total. The predicted octanol–water partition coefficient (Wildman–Crippen LogP) is 4.04. The third-order valence-corrected chi connectivity index (χ3v) is 5.28. The van der Waals surface area contributed by atoms with E-state index in [2.05, 4.69) is 46.7 Å². The van der Waals surface area contributed by atoms with E-state index in [-0.39, 0.29) is 11.8 Å². The van der Waals surface area contributed by atoms with Gasteiger partial charge in [-0.3, -0.25) is 4.79 Å². The lowest BCUT2D eigenvalue weighted by molar-refractivity contribution is -0.121. The highest BCUT2D eigenvalue weighted by Gasteiger charge is 2.19. The summed E-state index contributed by atoms with van der Waals surface area (Å²) in [5.74, 6) is 0.115. The first-order valence-electron chi connectivity index (χ1n) is 8.79. The Bertz CT molecular complexity index is 860. The summed E-state index contributed by atoms with van der Waals surface area (Å²) in [4.78, 5) is 12.6. The lowest BCUT2D eigenvalue weighted by Gasteiger charge is -2.20. The molecule has 0 unspecified atom stereocenters. The second-order valence-corrected chi connectivity index (χ2v) is 7.60. The van der Waals surface area contributed by atoms with Gasteiger partial charge in [0.15, 0.2) is 0 Å². The zero-order chi connectivity index (χ0) is 18.4. The number of nitrogens with one attached hydrogen (secondary N) is 1. The normalized spacial score (nSPS) is 11.9. The van der Waals surface area contributed by atoms with Crippen molar-refractivity contribution >= 4 is 17.2 Å². The molecule has 1 N–H and O–H groups in total. The first-order valence-corrected chi connectivity index (χ1v) is 9.61. The van der Waals surface area contributed by atoms with Crippen LogP contribution in [0.2, 0.25) is 0 Å². The quantitative estimate of drug-likeness (QED) is 0.688. The molecule has 3 rings (SSSR count). The van der Waals surface area contributed by atoms with Gasteiger partial charge in [-0.15, -0.1) is 21.5 Å². The fourth-order valence-corrected chi connectivity index (χ4v) is 3.78. The fourth-order valence-electron chi connectivity index (χ4n) is 3.08. The first kappa shape index (κ1) is 18.3. The van der Waals surface area contributed by atoms with Gasteiger partial charge in [-0.1, -0.05) is 54.6 Å². The van der Waals surface area contributed by atoms with Crippen LogP contribution in [0.3, 0.4) is 0 Å². The zero-order valence-electron chi connectivity index (χ0n) is 15.1. The number of hydrogen-bond donors (Lipinski definition) is 1. The smallest absolute Gasteiger partial charge is 0.220 e. The molecule has 2 aromatic carbocycles. The van der Waals surface area contributed by atoms with Gasteiger partial charge in [0, 0.05) is 25.3 Å². The Morgan fingerprint density at radius 3 is 2.46 bits per heavy atom. The molecule has 26 heavy (non-hydrogen) atoms. The predicted molar refractivity (Wildman–Crippen MR) is 105 cm³/mol. The van der Waals surface area contributed by atoms with E-state index in [1.165, 1.54) is 11.1 Å².